The molecular weight excluding hydrogens is 200 g/mol. The molecule has 1 saturated heterocycles. The van der Waals surface area contributed by atoms with E-state index in [2.05, 4.69) is 29.6 Å². The molecule has 1 aromatic rings. The van der Waals surface area contributed by atoms with Gasteiger partial charge in [0.15, 0.2) is 0 Å². The Morgan fingerprint density at radius 1 is 1.31 bits per heavy atom. The summed E-state index contributed by atoms with van der Waals surface area (Å²) in [7, 11) is 0. The zero-order chi connectivity index (χ0) is 11.0. The van der Waals surface area contributed by atoms with Crippen molar-refractivity contribution in [1.29, 1.82) is 0 Å². The Kier molecular flexibility index (Phi) is 2.40. The van der Waals surface area contributed by atoms with Crippen molar-refractivity contribution >= 4 is 5.91 Å². The van der Waals surface area contributed by atoms with E-state index in [-0.39, 0.29) is 5.91 Å². The quantitative estimate of drug-likeness (QED) is 0.704. The van der Waals surface area contributed by atoms with Crippen molar-refractivity contribution in [2.24, 2.45) is 0 Å². The van der Waals surface area contributed by atoms with Gasteiger partial charge in [0.05, 0.1) is 12.6 Å². The van der Waals surface area contributed by atoms with Crippen LogP contribution in [0.25, 0.3) is 0 Å². The molecule has 1 N–H and O–H groups in total. The Morgan fingerprint density at radius 2 is 2.19 bits per heavy atom. The maximum Gasteiger partial charge on any atom is 0.237 e. The molecule has 0 spiro atoms. The normalized spacial score (nSPS) is 24.6. The van der Waals surface area contributed by atoms with Crippen LogP contribution in [0.4, 0.5) is 0 Å². The van der Waals surface area contributed by atoms with E-state index in [4.69, 9.17) is 0 Å². The predicted octanol–water partition coefficient (Wildman–Crippen LogP) is 1.11. The average molecular weight is 216 g/mol. The summed E-state index contributed by atoms with van der Waals surface area (Å²) in [5.41, 5.74) is 2.77. The standard InChI is InChI=1S/C13H16N2O/c16-13-9-14-7-5-12-11-4-2-1-3-10(11)6-8-15(12)13/h1-4,12,14H,5-9H2/t12-/m0/s1. The molecule has 1 fully saturated rings. The van der Waals surface area contributed by atoms with Crippen LogP contribution < -0.4 is 5.32 Å². The summed E-state index contributed by atoms with van der Waals surface area (Å²) in [6, 6.07) is 8.82. The van der Waals surface area contributed by atoms with Crippen molar-refractivity contribution in [2.75, 3.05) is 19.6 Å². The lowest BCUT2D eigenvalue weighted by Crippen LogP contribution is -2.41. The second kappa shape index (κ2) is 3.91. The van der Waals surface area contributed by atoms with Gasteiger partial charge in [0.1, 0.15) is 0 Å². The van der Waals surface area contributed by atoms with Gasteiger partial charge in [-0.15, -0.1) is 0 Å². The van der Waals surface area contributed by atoms with E-state index in [0.29, 0.717) is 12.6 Å². The molecule has 0 bridgehead atoms. The van der Waals surface area contributed by atoms with E-state index in [0.717, 1.165) is 25.9 Å². The summed E-state index contributed by atoms with van der Waals surface area (Å²) < 4.78 is 0. The van der Waals surface area contributed by atoms with Crippen LogP contribution in [-0.4, -0.2) is 30.4 Å². The van der Waals surface area contributed by atoms with Crippen molar-refractivity contribution < 1.29 is 4.79 Å². The molecular formula is C13H16N2O. The monoisotopic (exact) mass is 216 g/mol. The van der Waals surface area contributed by atoms with Crippen molar-refractivity contribution in [3.8, 4) is 0 Å². The van der Waals surface area contributed by atoms with Crippen LogP contribution in [0, 0.1) is 0 Å². The SMILES string of the molecule is O=C1CNCC[C@H]2c3ccccc3CCN12. The Balaban J connectivity index is 2.01. The summed E-state index contributed by atoms with van der Waals surface area (Å²) in [4.78, 5) is 14.0. The third-order valence-corrected chi connectivity index (χ3v) is 3.60. The number of rotatable bonds is 0. The van der Waals surface area contributed by atoms with Crippen LogP contribution in [0.3, 0.4) is 0 Å². The zero-order valence-electron chi connectivity index (χ0n) is 9.28. The number of hydrogen-bond acceptors (Lipinski definition) is 2. The number of carbonyl (C=O) groups is 1. The van der Waals surface area contributed by atoms with Gasteiger partial charge in [-0.05, 0) is 30.5 Å². The highest BCUT2D eigenvalue weighted by molar-refractivity contribution is 5.79. The van der Waals surface area contributed by atoms with E-state index in [1.807, 2.05) is 4.90 Å². The lowest BCUT2D eigenvalue weighted by Gasteiger charge is -2.35. The predicted molar refractivity (Wildman–Crippen MR) is 62.1 cm³/mol. The Bertz CT molecular complexity index is 416. The molecule has 2 aliphatic heterocycles. The third kappa shape index (κ3) is 1.52. The van der Waals surface area contributed by atoms with Gasteiger partial charge in [-0.3, -0.25) is 4.79 Å². The fourth-order valence-corrected chi connectivity index (χ4v) is 2.80. The number of carbonyl (C=O) groups excluding carboxylic acids is 1. The van der Waals surface area contributed by atoms with Crippen molar-refractivity contribution in [3.63, 3.8) is 0 Å². The lowest BCUT2D eigenvalue weighted by molar-refractivity contribution is -0.132. The number of amides is 1. The Morgan fingerprint density at radius 3 is 3.12 bits per heavy atom. The Hall–Kier alpha value is -1.35. The number of nitrogens with zero attached hydrogens (tertiary/aromatic N) is 1. The molecule has 0 radical (unpaired) electrons. The van der Waals surface area contributed by atoms with Crippen molar-refractivity contribution in [3.05, 3.63) is 35.4 Å². The third-order valence-electron chi connectivity index (χ3n) is 3.60. The molecule has 3 rings (SSSR count). The average Bonchev–Trinajstić information content (AvgIpc) is 2.52. The van der Waals surface area contributed by atoms with E-state index in [1.165, 1.54) is 11.1 Å². The van der Waals surface area contributed by atoms with Crippen molar-refractivity contribution in [2.45, 2.75) is 18.9 Å². The molecule has 16 heavy (non-hydrogen) atoms. The van der Waals surface area contributed by atoms with Gasteiger partial charge in [-0.25, -0.2) is 0 Å². The molecule has 1 amide bonds. The fraction of sp³-hybridized carbons (Fsp3) is 0.462. The largest absolute Gasteiger partial charge is 0.334 e. The van der Waals surface area contributed by atoms with Gasteiger partial charge in [-0.2, -0.15) is 0 Å². The molecule has 0 aromatic heterocycles. The minimum Gasteiger partial charge on any atom is -0.334 e. The molecule has 2 heterocycles. The van der Waals surface area contributed by atoms with Crippen LogP contribution in [0.2, 0.25) is 0 Å². The van der Waals surface area contributed by atoms with Gasteiger partial charge in [0.25, 0.3) is 0 Å². The number of hydrogen-bond donors (Lipinski definition) is 1. The highest BCUT2D eigenvalue weighted by Crippen LogP contribution is 2.32. The second-order valence-corrected chi connectivity index (χ2v) is 4.52. The van der Waals surface area contributed by atoms with E-state index in [1.54, 1.807) is 0 Å². The molecule has 0 unspecified atom stereocenters. The Labute approximate surface area is 95.4 Å². The van der Waals surface area contributed by atoms with Crippen LogP contribution in [0.5, 0.6) is 0 Å². The molecule has 2 aliphatic rings. The van der Waals surface area contributed by atoms with Crippen LogP contribution in [0.15, 0.2) is 24.3 Å². The summed E-state index contributed by atoms with van der Waals surface area (Å²) in [5.74, 6) is 0.247. The molecule has 1 atom stereocenters. The molecule has 3 nitrogen and oxygen atoms in total. The van der Waals surface area contributed by atoms with Gasteiger partial charge in [0, 0.05) is 6.54 Å². The molecule has 0 aliphatic carbocycles. The van der Waals surface area contributed by atoms with Gasteiger partial charge < -0.3 is 10.2 Å². The minimum atomic E-state index is 0.247. The first-order valence-corrected chi connectivity index (χ1v) is 5.94. The molecule has 0 saturated carbocycles. The first kappa shape index (κ1) is 9.85. The maximum atomic E-state index is 11.9. The van der Waals surface area contributed by atoms with E-state index < -0.39 is 0 Å². The van der Waals surface area contributed by atoms with E-state index in [9.17, 15) is 4.79 Å². The summed E-state index contributed by atoms with van der Waals surface area (Å²) in [5, 5.41) is 3.19. The number of fused-ring (bicyclic) bond motifs is 3. The second-order valence-electron chi connectivity index (χ2n) is 4.52. The fourth-order valence-electron chi connectivity index (χ4n) is 2.80. The molecule has 84 valence electrons. The summed E-state index contributed by atoms with van der Waals surface area (Å²) in [6.45, 7) is 2.31. The van der Waals surface area contributed by atoms with Gasteiger partial charge in [-0.1, -0.05) is 24.3 Å². The highest BCUT2D eigenvalue weighted by atomic mass is 16.2. The first-order valence-electron chi connectivity index (χ1n) is 5.94. The van der Waals surface area contributed by atoms with Crippen LogP contribution in [-0.2, 0) is 11.2 Å². The van der Waals surface area contributed by atoms with Crippen LogP contribution >= 0.6 is 0 Å². The number of benzene rings is 1. The first-order chi connectivity index (χ1) is 7.86. The minimum absolute atomic E-state index is 0.247. The number of nitrogens with one attached hydrogen (secondary N) is 1. The maximum absolute atomic E-state index is 11.9. The molecule has 1 aromatic carbocycles. The smallest absolute Gasteiger partial charge is 0.237 e. The van der Waals surface area contributed by atoms with Gasteiger partial charge >= 0.3 is 0 Å². The summed E-state index contributed by atoms with van der Waals surface area (Å²) in [6.07, 6.45) is 2.03. The van der Waals surface area contributed by atoms with E-state index >= 15 is 0 Å². The summed E-state index contributed by atoms with van der Waals surface area (Å²) >= 11 is 0. The topological polar surface area (TPSA) is 32.3 Å². The van der Waals surface area contributed by atoms with Crippen LogP contribution in [0.1, 0.15) is 23.6 Å². The molecule has 3 heteroatoms. The highest BCUT2D eigenvalue weighted by Gasteiger charge is 2.31. The zero-order valence-corrected chi connectivity index (χ0v) is 9.28. The lowest BCUT2D eigenvalue weighted by atomic mass is 9.91. The van der Waals surface area contributed by atoms with Crippen molar-refractivity contribution in [1.82, 2.24) is 10.2 Å². The van der Waals surface area contributed by atoms with Gasteiger partial charge in [0.2, 0.25) is 5.91 Å².